The second-order valence-corrected chi connectivity index (χ2v) is 6.96. The first-order valence-electron chi connectivity index (χ1n) is 9.03. The second kappa shape index (κ2) is 12.8. The molecule has 0 aliphatic carbocycles. The number of carbonyl (C=O) groups excluding carboxylic acids is 3. The first-order chi connectivity index (χ1) is 11.3. The Morgan fingerprint density at radius 2 is 1.71 bits per heavy atom. The number of rotatable bonds is 12. The van der Waals surface area contributed by atoms with Gasteiger partial charge in [-0.1, -0.05) is 34.1 Å². The van der Waals surface area contributed by atoms with Crippen LogP contribution in [0.3, 0.4) is 0 Å². The summed E-state index contributed by atoms with van der Waals surface area (Å²) in [5.74, 6) is 0.792. The molecule has 0 aromatic heterocycles. The molecule has 2 atom stereocenters. The van der Waals surface area contributed by atoms with Crippen molar-refractivity contribution in [2.45, 2.75) is 72.8 Å². The molecule has 24 heavy (non-hydrogen) atoms. The van der Waals surface area contributed by atoms with E-state index >= 15 is 0 Å². The summed E-state index contributed by atoms with van der Waals surface area (Å²) in [5, 5.41) is 5.65. The standard InChI is InChI=1S/C18H34N3O3/c1-6-7-16(5)21(13-22)18(24)20-12-15(4)8-9-17(23)19-11-10-14(2)3/h14-16H,6-12H2,1-5H3,(H,19,23)(H,20,24). The van der Waals surface area contributed by atoms with Crippen molar-refractivity contribution in [2.75, 3.05) is 13.1 Å². The fraction of sp³-hybridized carbons (Fsp3) is 0.833. The van der Waals surface area contributed by atoms with Gasteiger partial charge < -0.3 is 10.6 Å². The highest BCUT2D eigenvalue weighted by molar-refractivity contribution is 5.85. The minimum Gasteiger partial charge on any atom is -0.356 e. The lowest BCUT2D eigenvalue weighted by Gasteiger charge is -2.23. The van der Waals surface area contributed by atoms with Crippen LogP contribution in [0, 0.1) is 11.8 Å². The Balaban J connectivity index is 4.02. The number of imide groups is 1. The van der Waals surface area contributed by atoms with E-state index in [9.17, 15) is 14.4 Å². The third-order valence-electron chi connectivity index (χ3n) is 3.97. The van der Waals surface area contributed by atoms with Gasteiger partial charge in [0.15, 0.2) is 0 Å². The molecule has 0 aromatic rings. The number of nitrogens with one attached hydrogen (secondary N) is 2. The van der Waals surface area contributed by atoms with Crippen molar-refractivity contribution in [3.05, 3.63) is 0 Å². The summed E-state index contributed by atoms with van der Waals surface area (Å²) >= 11 is 0. The fourth-order valence-corrected chi connectivity index (χ4v) is 2.29. The summed E-state index contributed by atoms with van der Waals surface area (Å²) in [7, 11) is 0. The molecule has 0 bridgehead atoms. The molecule has 0 rings (SSSR count). The Bertz CT molecular complexity index is 386. The molecule has 0 aliphatic rings. The van der Waals surface area contributed by atoms with Gasteiger partial charge in [-0.3, -0.25) is 14.5 Å². The predicted molar refractivity (Wildman–Crippen MR) is 96.2 cm³/mol. The van der Waals surface area contributed by atoms with Gasteiger partial charge in [0, 0.05) is 25.6 Å². The number of hydrogen-bond donors (Lipinski definition) is 2. The Kier molecular flexibility index (Phi) is 11.9. The van der Waals surface area contributed by atoms with Crippen LogP contribution in [0.25, 0.3) is 0 Å². The number of amides is 4. The van der Waals surface area contributed by atoms with Crippen molar-refractivity contribution < 1.29 is 14.4 Å². The smallest absolute Gasteiger partial charge is 0.324 e. The van der Waals surface area contributed by atoms with Crippen LogP contribution in [-0.2, 0) is 9.59 Å². The van der Waals surface area contributed by atoms with E-state index in [0.717, 1.165) is 24.2 Å². The lowest BCUT2D eigenvalue weighted by atomic mass is 10.1. The number of urea groups is 1. The van der Waals surface area contributed by atoms with Crippen LogP contribution in [-0.4, -0.2) is 42.4 Å². The molecule has 0 fully saturated rings. The van der Waals surface area contributed by atoms with Crippen molar-refractivity contribution in [2.24, 2.45) is 11.8 Å². The number of carbonyl (C=O) groups is 2. The van der Waals surface area contributed by atoms with Crippen molar-refractivity contribution >= 4 is 18.3 Å². The van der Waals surface area contributed by atoms with Gasteiger partial charge in [-0.25, -0.2) is 4.79 Å². The molecule has 6 nitrogen and oxygen atoms in total. The van der Waals surface area contributed by atoms with Gasteiger partial charge >= 0.3 is 12.4 Å². The van der Waals surface area contributed by atoms with Crippen LogP contribution >= 0.6 is 0 Å². The van der Waals surface area contributed by atoms with Crippen LogP contribution < -0.4 is 10.6 Å². The summed E-state index contributed by atoms with van der Waals surface area (Å²) in [5.41, 5.74) is 0. The third-order valence-corrected chi connectivity index (χ3v) is 3.97. The maximum absolute atomic E-state index is 12.0. The van der Waals surface area contributed by atoms with E-state index in [0.29, 0.717) is 31.8 Å². The van der Waals surface area contributed by atoms with Crippen molar-refractivity contribution in [1.82, 2.24) is 15.5 Å². The van der Waals surface area contributed by atoms with Gasteiger partial charge in [-0.15, -0.1) is 0 Å². The molecule has 0 heterocycles. The third kappa shape index (κ3) is 10.2. The summed E-state index contributed by atoms with van der Waals surface area (Å²) in [6.45, 7) is 11.2. The van der Waals surface area contributed by atoms with E-state index in [1.807, 2.05) is 20.8 Å². The summed E-state index contributed by atoms with van der Waals surface area (Å²) < 4.78 is 0. The maximum atomic E-state index is 12.0. The quantitative estimate of drug-likeness (QED) is 0.536. The minimum atomic E-state index is -0.417. The van der Waals surface area contributed by atoms with Gasteiger partial charge in [-0.05, 0) is 38.0 Å². The van der Waals surface area contributed by atoms with Crippen molar-refractivity contribution in [1.29, 1.82) is 0 Å². The lowest BCUT2D eigenvalue weighted by Crippen LogP contribution is -2.45. The van der Waals surface area contributed by atoms with Gasteiger partial charge in [0.1, 0.15) is 0 Å². The lowest BCUT2D eigenvalue weighted by molar-refractivity contribution is -0.121. The van der Waals surface area contributed by atoms with Crippen LogP contribution in [0.15, 0.2) is 0 Å². The van der Waals surface area contributed by atoms with E-state index in [1.165, 1.54) is 0 Å². The molecule has 2 N–H and O–H groups in total. The van der Waals surface area contributed by atoms with E-state index in [1.54, 1.807) is 6.41 Å². The van der Waals surface area contributed by atoms with Gasteiger partial charge in [0.05, 0.1) is 0 Å². The zero-order valence-corrected chi connectivity index (χ0v) is 15.9. The molecule has 0 aromatic carbocycles. The van der Waals surface area contributed by atoms with Crippen molar-refractivity contribution in [3.63, 3.8) is 0 Å². The highest BCUT2D eigenvalue weighted by atomic mass is 16.2. The highest BCUT2D eigenvalue weighted by Gasteiger charge is 2.20. The molecule has 0 spiro atoms. The Morgan fingerprint density at radius 1 is 1.04 bits per heavy atom. The average Bonchev–Trinajstić information content (AvgIpc) is 2.51. The number of nitrogens with zero attached hydrogens (tertiary/aromatic N) is 1. The Morgan fingerprint density at radius 3 is 2.25 bits per heavy atom. The zero-order valence-electron chi connectivity index (χ0n) is 15.9. The highest BCUT2D eigenvalue weighted by Crippen LogP contribution is 2.07. The maximum Gasteiger partial charge on any atom is 0.324 e. The molecule has 0 aliphatic heterocycles. The van der Waals surface area contributed by atoms with Crippen LogP contribution in [0.2, 0.25) is 0 Å². The summed E-state index contributed by atoms with van der Waals surface area (Å²) in [4.78, 5) is 35.8. The van der Waals surface area contributed by atoms with Gasteiger partial charge in [0.25, 0.3) is 0 Å². The van der Waals surface area contributed by atoms with Crippen LogP contribution in [0.5, 0.6) is 0 Å². The second-order valence-electron chi connectivity index (χ2n) is 6.96. The minimum absolute atomic E-state index is 0.0493. The van der Waals surface area contributed by atoms with E-state index in [-0.39, 0.29) is 17.9 Å². The molecule has 139 valence electrons. The topological polar surface area (TPSA) is 78.5 Å². The predicted octanol–water partition coefficient (Wildman–Crippen LogP) is 2.83. The van der Waals surface area contributed by atoms with Gasteiger partial charge in [0.2, 0.25) is 5.91 Å². The Labute approximate surface area is 146 Å². The van der Waals surface area contributed by atoms with Crippen LogP contribution in [0.1, 0.15) is 66.7 Å². The van der Waals surface area contributed by atoms with Crippen LogP contribution in [0.4, 0.5) is 4.79 Å². The summed E-state index contributed by atoms with van der Waals surface area (Å²) in [6, 6.07) is -0.575. The fourth-order valence-electron chi connectivity index (χ4n) is 2.29. The van der Waals surface area contributed by atoms with Gasteiger partial charge in [-0.2, -0.15) is 0 Å². The Hall–Kier alpha value is -1.59. The normalized spacial score (nSPS) is 13.2. The largest absolute Gasteiger partial charge is 0.356 e. The summed E-state index contributed by atoms with van der Waals surface area (Å²) in [6.07, 6.45) is 5.48. The molecule has 6 heteroatoms. The van der Waals surface area contributed by atoms with E-state index in [2.05, 4.69) is 24.5 Å². The zero-order chi connectivity index (χ0) is 18.5. The monoisotopic (exact) mass is 340 g/mol. The average molecular weight is 340 g/mol. The molecule has 0 saturated heterocycles. The SMILES string of the molecule is CCCC(C)N([C]=O)C(=O)NCC(C)CCC(=O)NCCC(C)C. The van der Waals surface area contributed by atoms with E-state index < -0.39 is 6.03 Å². The first kappa shape index (κ1) is 22.4. The van der Waals surface area contributed by atoms with Crippen molar-refractivity contribution in [3.8, 4) is 0 Å². The molecular formula is C18H34N3O3. The molecule has 2 unspecified atom stereocenters. The van der Waals surface area contributed by atoms with E-state index in [4.69, 9.17) is 0 Å². The first-order valence-corrected chi connectivity index (χ1v) is 9.03. The molecule has 0 saturated carbocycles. The molecular weight excluding hydrogens is 306 g/mol. The number of hydrogen-bond acceptors (Lipinski definition) is 3. The molecule has 1 radical (unpaired) electrons. The molecule has 4 amide bonds.